The summed E-state index contributed by atoms with van der Waals surface area (Å²) in [5, 5.41) is 8.42. The Morgan fingerprint density at radius 3 is 2.29 bits per heavy atom. The summed E-state index contributed by atoms with van der Waals surface area (Å²) in [5.41, 5.74) is 2.32. The van der Waals surface area contributed by atoms with E-state index >= 15 is 0 Å². The van der Waals surface area contributed by atoms with Crippen molar-refractivity contribution >= 4 is 18.6 Å². The largest absolute Gasteiger partial charge is 0.359 e. The Labute approximate surface area is 140 Å². The maximum absolute atomic E-state index is 13.5. The number of benzene rings is 2. The first-order chi connectivity index (χ1) is 11.7. The highest BCUT2D eigenvalue weighted by molar-refractivity contribution is 7.54. The molecule has 7 heteroatoms. The number of aromatic nitrogens is 3. The Kier molecular flexibility index (Phi) is 5.09. The van der Waals surface area contributed by atoms with Crippen LogP contribution in [0.4, 0.5) is 0 Å². The number of hydrogen-bond donors (Lipinski definition) is 0. The lowest BCUT2D eigenvalue weighted by Crippen LogP contribution is -2.16. The maximum atomic E-state index is 13.5. The highest BCUT2D eigenvalue weighted by Crippen LogP contribution is 2.61. The Morgan fingerprint density at radius 2 is 1.62 bits per heavy atom. The molecule has 126 valence electrons. The predicted octanol–water partition coefficient (Wildman–Crippen LogP) is 4.24. The van der Waals surface area contributed by atoms with E-state index in [4.69, 9.17) is 9.05 Å². The SMILES string of the molecule is CCOP(=O)(OCC)C(c1ccccc1)n1nnc2ccccc21. The number of fused-ring (bicyclic) bond motifs is 1. The topological polar surface area (TPSA) is 66.2 Å². The molecule has 0 spiro atoms. The third-order valence-corrected chi connectivity index (χ3v) is 5.98. The van der Waals surface area contributed by atoms with E-state index in [9.17, 15) is 4.57 Å². The first-order valence-corrected chi connectivity index (χ1v) is 9.54. The fraction of sp³-hybridized carbons (Fsp3) is 0.294. The molecule has 24 heavy (non-hydrogen) atoms. The molecule has 0 saturated heterocycles. The van der Waals surface area contributed by atoms with E-state index in [0.29, 0.717) is 0 Å². The monoisotopic (exact) mass is 345 g/mol. The van der Waals surface area contributed by atoms with Crippen LogP contribution in [-0.4, -0.2) is 28.2 Å². The van der Waals surface area contributed by atoms with Crippen molar-refractivity contribution in [1.82, 2.24) is 15.0 Å². The average molecular weight is 345 g/mol. The van der Waals surface area contributed by atoms with Crippen molar-refractivity contribution < 1.29 is 13.6 Å². The molecule has 1 atom stereocenters. The number of rotatable bonds is 7. The van der Waals surface area contributed by atoms with Crippen molar-refractivity contribution in [1.29, 1.82) is 0 Å². The first-order valence-electron chi connectivity index (χ1n) is 7.93. The predicted molar refractivity (Wildman–Crippen MR) is 93.0 cm³/mol. The van der Waals surface area contributed by atoms with Crippen molar-refractivity contribution in [2.24, 2.45) is 0 Å². The van der Waals surface area contributed by atoms with E-state index in [0.717, 1.165) is 16.6 Å². The van der Waals surface area contributed by atoms with Gasteiger partial charge in [0.2, 0.25) is 0 Å². The highest BCUT2D eigenvalue weighted by Gasteiger charge is 2.40. The van der Waals surface area contributed by atoms with Crippen molar-refractivity contribution in [2.75, 3.05) is 13.2 Å². The second-order valence-electron chi connectivity index (χ2n) is 5.18. The lowest BCUT2D eigenvalue weighted by atomic mass is 10.2. The van der Waals surface area contributed by atoms with Crippen LogP contribution in [0.2, 0.25) is 0 Å². The third-order valence-electron chi connectivity index (χ3n) is 3.62. The van der Waals surface area contributed by atoms with Gasteiger partial charge in [-0.3, -0.25) is 4.57 Å². The lowest BCUT2D eigenvalue weighted by molar-refractivity contribution is 0.207. The van der Waals surface area contributed by atoms with Crippen molar-refractivity contribution in [3.05, 3.63) is 60.2 Å². The molecule has 1 heterocycles. The molecule has 6 nitrogen and oxygen atoms in total. The molecule has 0 fully saturated rings. The molecule has 0 aliphatic heterocycles. The molecular weight excluding hydrogens is 325 g/mol. The minimum atomic E-state index is -3.48. The summed E-state index contributed by atoms with van der Waals surface area (Å²) in [5.74, 6) is -0.689. The summed E-state index contributed by atoms with van der Waals surface area (Å²) in [6, 6.07) is 17.0. The summed E-state index contributed by atoms with van der Waals surface area (Å²) >= 11 is 0. The van der Waals surface area contributed by atoms with Gasteiger partial charge in [0, 0.05) is 0 Å². The van der Waals surface area contributed by atoms with Gasteiger partial charge in [0.25, 0.3) is 0 Å². The zero-order valence-electron chi connectivity index (χ0n) is 13.7. The van der Waals surface area contributed by atoms with Crippen LogP contribution in [0.1, 0.15) is 25.2 Å². The zero-order chi connectivity index (χ0) is 17.0. The Balaban J connectivity index is 2.21. The minimum Gasteiger partial charge on any atom is -0.307 e. The second-order valence-corrected chi connectivity index (χ2v) is 7.27. The van der Waals surface area contributed by atoms with Crippen LogP contribution in [0, 0.1) is 0 Å². The number of nitrogens with zero attached hydrogens (tertiary/aromatic N) is 3. The van der Waals surface area contributed by atoms with Crippen LogP contribution in [0.25, 0.3) is 11.0 Å². The molecule has 0 amide bonds. The molecule has 0 aliphatic rings. The first kappa shape index (κ1) is 16.8. The van der Waals surface area contributed by atoms with Crippen molar-refractivity contribution in [2.45, 2.75) is 19.6 Å². The molecule has 3 aromatic rings. The Bertz CT molecular complexity index is 840. The Morgan fingerprint density at radius 1 is 1.00 bits per heavy atom. The molecule has 0 bridgehead atoms. The van der Waals surface area contributed by atoms with Gasteiger partial charge in [-0.2, -0.15) is 0 Å². The molecular formula is C17H20N3O3P. The van der Waals surface area contributed by atoms with Crippen LogP contribution in [0.15, 0.2) is 54.6 Å². The van der Waals surface area contributed by atoms with Gasteiger partial charge in [0.1, 0.15) is 5.52 Å². The molecule has 0 radical (unpaired) electrons. The summed E-state index contributed by atoms with van der Waals surface area (Å²) < 4.78 is 26.4. The van der Waals surface area contributed by atoms with Crippen molar-refractivity contribution in [3.63, 3.8) is 0 Å². The van der Waals surface area contributed by atoms with E-state index in [2.05, 4.69) is 10.3 Å². The van der Waals surface area contributed by atoms with Gasteiger partial charge in [0.05, 0.1) is 18.7 Å². The molecule has 1 aromatic heterocycles. The number of para-hydroxylation sites is 1. The van der Waals surface area contributed by atoms with Gasteiger partial charge in [-0.15, -0.1) is 5.10 Å². The van der Waals surface area contributed by atoms with Gasteiger partial charge in [-0.25, -0.2) is 4.68 Å². The summed E-state index contributed by atoms with van der Waals surface area (Å²) in [7, 11) is -3.48. The fourth-order valence-corrected chi connectivity index (χ4v) is 4.74. The molecule has 0 aliphatic carbocycles. The minimum absolute atomic E-state index is 0.285. The van der Waals surface area contributed by atoms with Crippen LogP contribution < -0.4 is 0 Å². The van der Waals surface area contributed by atoms with Gasteiger partial charge in [-0.1, -0.05) is 47.7 Å². The third kappa shape index (κ3) is 3.13. The second kappa shape index (κ2) is 7.26. The van der Waals surface area contributed by atoms with E-state index in [1.54, 1.807) is 18.5 Å². The summed E-state index contributed by atoms with van der Waals surface area (Å²) in [6.07, 6.45) is 0. The summed E-state index contributed by atoms with van der Waals surface area (Å²) in [6.45, 7) is 4.17. The standard InChI is InChI=1S/C17H20N3O3P/c1-3-22-24(21,23-4-2)17(14-10-6-5-7-11-14)20-16-13-9-8-12-15(16)18-19-20/h5-13,17H,3-4H2,1-2H3. The molecule has 2 aromatic carbocycles. The zero-order valence-corrected chi connectivity index (χ0v) is 14.6. The van der Waals surface area contributed by atoms with Gasteiger partial charge in [0.15, 0.2) is 5.78 Å². The highest BCUT2D eigenvalue weighted by atomic mass is 31.2. The lowest BCUT2D eigenvalue weighted by Gasteiger charge is -2.26. The van der Waals surface area contributed by atoms with E-state index in [1.165, 1.54) is 0 Å². The maximum Gasteiger partial charge on any atom is 0.359 e. The van der Waals surface area contributed by atoms with Crippen LogP contribution in [-0.2, 0) is 13.6 Å². The van der Waals surface area contributed by atoms with Gasteiger partial charge in [-0.05, 0) is 31.5 Å². The fourth-order valence-electron chi connectivity index (χ4n) is 2.69. The molecule has 3 rings (SSSR count). The van der Waals surface area contributed by atoms with Crippen LogP contribution in [0.5, 0.6) is 0 Å². The smallest absolute Gasteiger partial charge is 0.307 e. The average Bonchev–Trinajstić information content (AvgIpc) is 3.00. The van der Waals surface area contributed by atoms with Crippen molar-refractivity contribution in [3.8, 4) is 0 Å². The van der Waals surface area contributed by atoms with Gasteiger partial charge < -0.3 is 9.05 Å². The van der Waals surface area contributed by atoms with Crippen LogP contribution >= 0.6 is 7.60 Å². The molecule has 1 unspecified atom stereocenters. The Hall–Kier alpha value is -2.01. The number of hydrogen-bond acceptors (Lipinski definition) is 5. The van der Waals surface area contributed by atoms with E-state index in [-0.39, 0.29) is 13.2 Å². The van der Waals surface area contributed by atoms with E-state index in [1.807, 2.05) is 54.6 Å². The molecule has 0 saturated carbocycles. The normalized spacial score (nSPS) is 13.2. The van der Waals surface area contributed by atoms with Gasteiger partial charge >= 0.3 is 7.60 Å². The quantitative estimate of drug-likeness (QED) is 0.599. The summed E-state index contributed by atoms with van der Waals surface area (Å²) in [4.78, 5) is 0. The molecule has 0 N–H and O–H groups in total. The van der Waals surface area contributed by atoms with E-state index < -0.39 is 13.4 Å². The van der Waals surface area contributed by atoms with Crippen LogP contribution in [0.3, 0.4) is 0 Å².